The maximum absolute atomic E-state index is 12.8. The molecule has 0 unspecified atom stereocenters. The maximum Gasteiger partial charge on any atom is 0.261 e. The van der Waals surface area contributed by atoms with E-state index in [2.05, 4.69) is 21.5 Å². The van der Waals surface area contributed by atoms with Crippen LogP contribution in [0.4, 0.5) is 0 Å². The molecule has 4 aromatic rings. The Kier molecular flexibility index (Phi) is 4.87. The van der Waals surface area contributed by atoms with Gasteiger partial charge in [-0.25, -0.2) is 9.50 Å². The van der Waals surface area contributed by atoms with Crippen LogP contribution in [0.15, 0.2) is 48.6 Å². The lowest BCUT2D eigenvalue weighted by atomic mass is 10.1. The first kappa shape index (κ1) is 19.1. The van der Waals surface area contributed by atoms with E-state index in [4.69, 9.17) is 21.1 Å². The summed E-state index contributed by atoms with van der Waals surface area (Å²) in [5.74, 6) is -0.0231. The van der Waals surface area contributed by atoms with Crippen LogP contribution < -0.4 is 15.8 Å². The van der Waals surface area contributed by atoms with Crippen LogP contribution in [-0.2, 0) is 0 Å². The number of nitrogens with one attached hydrogen (secondary N) is 2. The van der Waals surface area contributed by atoms with Gasteiger partial charge in [0.1, 0.15) is 22.3 Å². The van der Waals surface area contributed by atoms with E-state index in [0.29, 0.717) is 21.8 Å². The first-order valence-electron chi connectivity index (χ1n) is 8.67. The van der Waals surface area contributed by atoms with Crippen molar-refractivity contribution in [3.63, 3.8) is 0 Å². The molecule has 4 N–H and O–H groups in total. The Hall–Kier alpha value is -4.23. The van der Waals surface area contributed by atoms with Crippen molar-refractivity contribution < 1.29 is 9.53 Å². The smallest absolute Gasteiger partial charge is 0.261 e. The van der Waals surface area contributed by atoms with Crippen LogP contribution in [-0.4, -0.2) is 33.8 Å². The number of allylic oxidation sites excluding steroid dienone is 1. The topological polar surface area (TPSA) is 142 Å². The van der Waals surface area contributed by atoms with Gasteiger partial charge < -0.3 is 21.2 Å². The van der Waals surface area contributed by atoms with Gasteiger partial charge in [-0.2, -0.15) is 10.4 Å². The Morgan fingerprint density at radius 2 is 2.23 bits per heavy atom. The number of thiophene rings is 1. The zero-order chi connectivity index (χ0) is 21.3. The fourth-order valence-corrected chi connectivity index (χ4v) is 3.88. The largest absolute Gasteiger partial charge is 0.496 e. The number of benzene rings is 1. The number of fused-ring (bicyclic) bond motifs is 2. The molecular formula is C20H15N7O2S. The predicted octanol–water partition coefficient (Wildman–Crippen LogP) is 2.53. The van der Waals surface area contributed by atoms with Crippen LogP contribution in [0.2, 0.25) is 0 Å². The van der Waals surface area contributed by atoms with Crippen LogP contribution in [0, 0.1) is 16.7 Å². The van der Waals surface area contributed by atoms with Gasteiger partial charge in [-0.05, 0) is 29.7 Å². The highest BCUT2D eigenvalue weighted by Gasteiger charge is 2.18. The first-order valence-corrected chi connectivity index (χ1v) is 9.49. The lowest BCUT2D eigenvalue weighted by Crippen LogP contribution is -2.26. The second kappa shape index (κ2) is 7.65. The van der Waals surface area contributed by atoms with Crippen LogP contribution >= 0.6 is 11.3 Å². The van der Waals surface area contributed by atoms with E-state index in [1.807, 2.05) is 0 Å². The predicted molar refractivity (Wildman–Crippen MR) is 113 cm³/mol. The third-order valence-electron chi connectivity index (χ3n) is 4.45. The highest BCUT2D eigenvalue weighted by atomic mass is 32.1. The lowest BCUT2D eigenvalue weighted by Gasteiger charge is -2.13. The molecule has 0 aliphatic heterocycles. The fourth-order valence-electron chi connectivity index (χ4n) is 3.01. The number of methoxy groups -OCH3 is 1. The van der Waals surface area contributed by atoms with Crippen LogP contribution in [0.25, 0.3) is 21.4 Å². The maximum atomic E-state index is 12.8. The number of carbonyl (C=O) groups excluding carboxylic acids is 1. The monoisotopic (exact) mass is 417 g/mol. The van der Waals surface area contributed by atoms with Gasteiger partial charge in [0.25, 0.3) is 5.91 Å². The van der Waals surface area contributed by atoms with Gasteiger partial charge in [0.15, 0.2) is 5.65 Å². The van der Waals surface area contributed by atoms with Gasteiger partial charge in [0.05, 0.1) is 24.7 Å². The summed E-state index contributed by atoms with van der Waals surface area (Å²) in [7, 11) is 1.50. The van der Waals surface area contributed by atoms with Crippen molar-refractivity contribution in [3.8, 4) is 11.8 Å². The number of nitrogens with zero attached hydrogens (tertiary/aromatic N) is 4. The summed E-state index contributed by atoms with van der Waals surface area (Å²) in [6.07, 6.45) is 5.60. The summed E-state index contributed by atoms with van der Waals surface area (Å²) in [4.78, 5) is 17.5. The van der Waals surface area contributed by atoms with Crippen LogP contribution in [0.1, 0.15) is 20.8 Å². The first-order chi connectivity index (χ1) is 14.5. The summed E-state index contributed by atoms with van der Waals surface area (Å²) in [6.45, 7) is 0. The second-order valence-electron chi connectivity index (χ2n) is 6.18. The number of aromatic nitrogens is 3. The van der Waals surface area contributed by atoms with Gasteiger partial charge in [-0.3, -0.25) is 4.79 Å². The molecule has 10 heteroatoms. The average Bonchev–Trinajstić information content (AvgIpc) is 3.39. The van der Waals surface area contributed by atoms with Crippen molar-refractivity contribution in [2.75, 3.05) is 7.11 Å². The molecule has 30 heavy (non-hydrogen) atoms. The number of hydrogen-bond acceptors (Lipinski definition) is 8. The van der Waals surface area contributed by atoms with Crippen molar-refractivity contribution in [1.82, 2.24) is 19.9 Å². The van der Waals surface area contributed by atoms with E-state index in [-0.39, 0.29) is 17.0 Å². The highest BCUT2D eigenvalue weighted by Crippen LogP contribution is 2.34. The molecule has 148 valence electrons. The highest BCUT2D eigenvalue weighted by molar-refractivity contribution is 7.19. The van der Waals surface area contributed by atoms with Crippen LogP contribution in [0.3, 0.4) is 0 Å². The van der Waals surface area contributed by atoms with Gasteiger partial charge >= 0.3 is 0 Å². The number of hydrogen-bond donors (Lipinski definition) is 3. The average molecular weight is 417 g/mol. The standard InChI is InChI=1S/C20H15N7O2S/c1-29-16-7-17-11(5-12(8-21)30-17)6-13(16)18(23)15(9-22)26-20(28)14-10-25-27-4-2-3-24-19(14)27/h2-7,9-10,22H,23H2,1H3,(H,26,28). The number of nitriles is 1. The molecular weight excluding hydrogens is 402 g/mol. The van der Waals surface area contributed by atoms with E-state index in [0.717, 1.165) is 16.3 Å². The van der Waals surface area contributed by atoms with Crippen molar-refractivity contribution in [3.05, 3.63) is 64.6 Å². The van der Waals surface area contributed by atoms with Crippen LogP contribution in [0.5, 0.6) is 5.75 Å². The number of amides is 1. The van der Waals surface area contributed by atoms with Crippen molar-refractivity contribution >= 4 is 44.9 Å². The molecule has 4 rings (SSSR count). The summed E-state index contributed by atoms with van der Waals surface area (Å²) >= 11 is 1.34. The molecule has 1 aromatic carbocycles. The molecule has 0 aliphatic carbocycles. The zero-order valence-electron chi connectivity index (χ0n) is 15.7. The van der Waals surface area contributed by atoms with Gasteiger partial charge in [0.2, 0.25) is 0 Å². The SMILES string of the molecule is COc1cc2sc(C#N)cc2cc1C(N)=C(C=N)NC(=O)c1cnn2cccnc12. The summed E-state index contributed by atoms with van der Waals surface area (Å²) in [5, 5.41) is 24.4. The Bertz CT molecular complexity index is 1380. The second-order valence-corrected chi connectivity index (χ2v) is 7.27. The normalized spacial score (nSPS) is 11.7. The number of carbonyl (C=O) groups is 1. The van der Waals surface area contributed by atoms with E-state index >= 15 is 0 Å². The van der Waals surface area contributed by atoms with Gasteiger partial charge in [-0.15, -0.1) is 11.3 Å². The fraction of sp³-hybridized carbons (Fsp3) is 0.0500. The minimum atomic E-state index is -0.493. The van der Waals surface area contributed by atoms with E-state index < -0.39 is 5.91 Å². The van der Waals surface area contributed by atoms with Crippen molar-refractivity contribution in [1.29, 1.82) is 10.7 Å². The summed E-state index contributed by atoms with van der Waals surface area (Å²) in [6, 6.07) is 9.13. The molecule has 0 radical (unpaired) electrons. The molecule has 0 fully saturated rings. The van der Waals surface area contributed by atoms with E-state index in [9.17, 15) is 4.79 Å². The Labute approximate surface area is 174 Å². The Balaban J connectivity index is 1.75. The third-order valence-corrected chi connectivity index (χ3v) is 5.45. The Morgan fingerprint density at radius 1 is 1.40 bits per heavy atom. The number of ether oxygens (including phenoxy) is 1. The third kappa shape index (κ3) is 3.23. The molecule has 0 spiro atoms. The number of nitrogens with two attached hydrogens (primary N) is 1. The molecule has 0 saturated carbocycles. The molecule has 0 bridgehead atoms. The molecule has 3 heterocycles. The van der Waals surface area contributed by atoms with E-state index in [1.54, 1.807) is 36.7 Å². The quantitative estimate of drug-likeness (QED) is 0.426. The molecule has 1 amide bonds. The molecule has 9 nitrogen and oxygen atoms in total. The van der Waals surface area contributed by atoms with Gasteiger partial charge in [0, 0.05) is 28.9 Å². The molecule has 3 aromatic heterocycles. The van der Waals surface area contributed by atoms with Crippen molar-refractivity contribution in [2.24, 2.45) is 5.73 Å². The van der Waals surface area contributed by atoms with Crippen molar-refractivity contribution in [2.45, 2.75) is 0 Å². The number of rotatable bonds is 5. The minimum absolute atomic E-state index is 0.101. The Morgan fingerprint density at radius 3 is 2.97 bits per heavy atom. The zero-order valence-corrected chi connectivity index (χ0v) is 16.5. The molecule has 0 saturated heterocycles. The van der Waals surface area contributed by atoms with Gasteiger partial charge in [-0.1, -0.05) is 0 Å². The molecule has 0 aliphatic rings. The minimum Gasteiger partial charge on any atom is -0.496 e. The summed E-state index contributed by atoms with van der Waals surface area (Å²) < 4.78 is 7.80. The van der Waals surface area contributed by atoms with E-state index in [1.165, 1.54) is 29.2 Å². The molecule has 0 atom stereocenters. The lowest BCUT2D eigenvalue weighted by molar-refractivity contribution is 0.0969. The summed E-state index contributed by atoms with van der Waals surface area (Å²) in [5.41, 5.74) is 7.71.